The molecule has 0 spiro atoms. The van der Waals surface area contributed by atoms with Crippen molar-refractivity contribution in [3.8, 4) is 0 Å². The molecule has 0 atom stereocenters. The Labute approximate surface area is 97.9 Å². The van der Waals surface area contributed by atoms with E-state index in [2.05, 4.69) is 20.5 Å². The van der Waals surface area contributed by atoms with E-state index in [1.807, 2.05) is 13.0 Å². The van der Waals surface area contributed by atoms with E-state index in [0.29, 0.717) is 11.3 Å². The Kier molecular flexibility index (Phi) is 2.95. The standard InChI is InChI=1S/C11H11N5O/c1-7-2-3-9(12)8(6-7)10(17)15-11-13-4-5-14-16-11/h2-6H,12H2,1H3,(H,13,15,16,17). The average molecular weight is 229 g/mol. The summed E-state index contributed by atoms with van der Waals surface area (Å²) < 4.78 is 0. The minimum atomic E-state index is -0.348. The maximum absolute atomic E-state index is 11.9. The molecule has 0 aliphatic carbocycles. The normalized spacial score (nSPS) is 9.94. The molecular weight excluding hydrogens is 218 g/mol. The second-order valence-corrected chi connectivity index (χ2v) is 3.51. The van der Waals surface area contributed by atoms with Gasteiger partial charge in [-0.25, -0.2) is 4.98 Å². The number of nitrogens with two attached hydrogens (primary N) is 1. The van der Waals surface area contributed by atoms with Gasteiger partial charge in [0.2, 0.25) is 5.95 Å². The van der Waals surface area contributed by atoms with E-state index in [1.54, 1.807) is 12.1 Å². The predicted molar refractivity (Wildman–Crippen MR) is 63.4 cm³/mol. The van der Waals surface area contributed by atoms with Gasteiger partial charge in [0.05, 0.1) is 18.0 Å². The minimum absolute atomic E-state index is 0.151. The van der Waals surface area contributed by atoms with Gasteiger partial charge in [0.25, 0.3) is 5.91 Å². The Bertz CT molecular complexity index is 541. The molecule has 0 aliphatic rings. The SMILES string of the molecule is Cc1ccc(N)c(C(=O)Nc2nccnn2)c1. The largest absolute Gasteiger partial charge is 0.398 e. The molecule has 2 aromatic rings. The highest BCUT2D eigenvalue weighted by Crippen LogP contribution is 2.14. The van der Waals surface area contributed by atoms with Crippen molar-refractivity contribution in [2.24, 2.45) is 0 Å². The highest BCUT2D eigenvalue weighted by molar-refractivity contribution is 6.07. The van der Waals surface area contributed by atoms with Gasteiger partial charge < -0.3 is 5.73 Å². The summed E-state index contributed by atoms with van der Waals surface area (Å²) in [4.78, 5) is 15.7. The fourth-order valence-electron chi connectivity index (χ4n) is 1.34. The van der Waals surface area contributed by atoms with Gasteiger partial charge in [0.15, 0.2) is 0 Å². The molecular formula is C11H11N5O. The summed E-state index contributed by atoms with van der Waals surface area (Å²) in [5, 5.41) is 9.80. The molecule has 3 N–H and O–H groups in total. The lowest BCUT2D eigenvalue weighted by molar-refractivity contribution is 0.102. The van der Waals surface area contributed by atoms with E-state index in [0.717, 1.165) is 5.56 Å². The number of aryl methyl sites for hydroxylation is 1. The molecule has 6 nitrogen and oxygen atoms in total. The van der Waals surface area contributed by atoms with Crippen molar-refractivity contribution >= 4 is 17.5 Å². The Balaban J connectivity index is 2.23. The average Bonchev–Trinajstić information content (AvgIpc) is 2.33. The molecule has 1 heterocycles. The molecule has 86 valence electrons. The summed E-state index contributed by atoms with van der Waals surface area (Å²) in [6, 6.07) is 5.24. The summed E-state index contributed by atoms with van der Waals surface area (Å²) >= 11 is 0. The van der Waals surface area contributed by atoms with Crippen LogP contribution >= 0.6 is 0 Å². The molecule has 0 unspecified atom stereocenters. The molecule has 2 rings (SSSR count). The molecule has 6 heteroatoms. The maximum atomic E-state index is 11.9. The smallest absolute Gasteiger partial charge is 0.260 e. The molecule has 1 aromatic heterocycles. The van der Waals surface area contributed by atoms with Crippen LogP contribution in [0.2, 0.25) is 0 Å². The lowest BCUT2D eigenvalue weighted by atomic mass is 10.1. The van der Waals surface area contributed by atoms with E-state index < -0.39 is 0 Å². The highest BCUT2D eigenvalue weighted by Gasteiger charge is 2.11. The van der Waals surface area contributed by atoms with Crippen LogP contribution in [0.4, 0.5) is 11.6 Å². The number of anilines is 2. The lowest BCUT2D eigenvalue weighted by Gasteiger charge is -2.06. The van der Waals surface area contributed by atoms with Crippen LogP contribution in [0, 0.1) is 6.92 Å². The van der Waals surface area contributed by atoms with Gasteiger partial charge >= 0.3 is 0 Å². The van der Waals surface area contributed by atoms with Gasteiger partial charge in [-0.05, 0) is 19.1 Å². The molecule has 0 saturated carbocycles. The number of carbonyl (C=O) groups is 1. The second kappa shape index (κ2) is 4.56. The van der Waals surface area contributed by atoms with Gasteiger partial charge in [-0.2, -0.15) is 5.10 Å². The van der Waals surface area contributed by atoms with E-state index in [9.17, 15) is 4.79 Å². The van der Waals surface area contributed by atoms with Crippen molar-refractivity contribution in [1.82, 2.24) is 15.2 Å². The number of carbonyl (C=O) groups excluding carboxylic acids is 1. The monoisotopic (exact) mass is 229 g/mol. The zero-order valence-electron chi connectivity index (χ0n) is 9.21. The van der Waals surface area contributed by atoms with Gasteiger partial charge in [0.1, 0.15) is 0 Å². The zero-order valence-corrected chi connectivity index (χ0v) is 9.21. The minimum Gasteiger partial charge on any atom is -0.398 e. The number of nitrogens with zero attached hydrogens (tertiary/aromatic N) is 3. The Morgan fingerprint density at radius 3 is 2.88 bits per heavy atom. The number of benzene rings is 1. The Hall–Kier alpha value is -2.50. The van der Waals surface area contributed by atoms with Crippen LogP contribution in [0.15, 0.2) is 30.6 Å². The third kappa shape index (κ3) is 2.54. The van der Waals surface area contributed by atoms with E-state index >= 15 is 0 Å². The van der Waals surface area contributed by atoms with Crippen LogP contribution in [-0.4, -0.2) is 21.1 Å². The molecule has 17 heavy (non-hydrogen) atoms. The van der Waals surface area contributed by atoms with Crippen molar-refractivity contribution in [2.45, 2.75) is 6.92 Å². The predicted octanol–water partition coefficient (Wildman–Crippen LogP) is 1.01. The highest BCUT2D eigenvalue weighted by atomic mass is 16.1. The Morgan fingerprint density at radius 1 is 1.35 bits per heavy atom. The molecule has 0 saturated heterocycles. The summed E-state index contributed by atoms with van der Waals surface area (Å²) in [5.74, 6) is -0.197. The van der Waals surface area contributed by atoms with Crippen molar-refractivity contribution in [3.05, 3.63) is 41.7 Å². The third-order valence-electron chi connectivity index (χ3n) is 2.16. The number of rotatable bonds is 2. The molecule has 0 radical (unpaired) electrons. The summed E-state index contributed by atoms with van der Waals surface area (Å²) in [6.07, 6.45) is 2.87. The first-order chi connectivity index (χ1) is 8.16. The van der Waals surface area contributed by atoms with Crippen LogP contribution in [0.3, 0.4) is 0 Å². The molecule has 0 fully saturated rings. The van der Waals surface area contributed by atoms with Gasteiger partial charge in [-0.15, -0.1) is 5.10 Å². The first kappa shape index (κ1) is 11.0. The third-order valence-corrected chi connectivity index (χ3v) is 2.16. The van der Waals surface area contributed by atoms with E-state index in [-0.39, 0.29) is 11.9 Å². The van der Waals surface area contributed by atoms with Crippen molar-refractivity contribution < 1.29 is 4.79 Å². The van der Waals surface area contributed by atoms with Crippen LogP contribution < -0.4 is 11.1 Å². The van der Waals surface area contributed by atoms with Gasteiger partial charge in [0, 0.05) is 5.69 Å². The molecule has 0 bridgehead atoms. The fraction of sp³-hybridized carbons (Fsp3) is 0.0909. The number of amides is 1. The van der Waals surface area contributed by atoms with E-state index in [4.69, 9.17) is 5.73 Å². The maximum Gasteiger partial charge on any atom is 0.260 e. The first-order valence-electron chi connectivity index (χ1n) is 4.98. The van der Waals surface area contributed by atoms with Crippen molar-refractivity contribution in [1.29, 1.82) is 0 Å². The first-order valence-corrected chi connectivity index (χ1v) is 4.98. The fourth-order valence-corrected chi connectivity index (χ4v) is 1.34. The quantitative estimate of drug-likeness (QED) is 0.749. The van der Waals surface area contributed by atoms with Crippen molar-refractivity contribution in [3.63, 3.8) is 0 Å². The number of hydrogen-bond donors (Lipinski definition) is 2. The van der Waals surface area contributed by atoms with Crippen LogP contribution in [0.25, 0.3) is 0 Å². The topological polar surface area (TPSA) is 93.8 Å². The van der Waals surface area contributed by atoms with Crippen LogP contribution in [0.5, 0.6) is 0 Å². The summed E-state index contributed by atoms with van der Waals surface area (Å²) in [7, 11) is 0. The number of aromatic nitrogens is 3. The van der Waals surface area contributed by atoms with E-state index in [1.165, 1.54) is 12.4 Å². The van der Waals surface area contributed by atoms with Gasteiger partial charge in [-0.3, -0.25) is 10.1 Å². The summed E-state index contributed by atoms with van der Waals surface area (Å²) in [6.45, 7) is 1.89. The zero-order chi connectivity index (χ0) is 12.3. The number of nitrogen functional groups attached to an aromatic ring is 1. The van der Waals surface area contributed by atoms with Gasteiger partial charge in [-0.1, -0.05) is 11.6 Å². The van der Waals surface area contributed by atoms with Crippen LogP contribution in [0.1, 0.15) is 15.9 Å². The number of nitrogens with one attached hydrogen (secondary N) is 1. The van der Waals surface area contributed by atoms with Crippen LogP contribution in [-0.2, 0) is 0 Å². The lowest BCUT2D eigenvalue weighted by Crippen LogP contribution is -2.16. The second-order valence-electron chi connectivity index (χ2n) is 3.51. The molecule has 1 amide bonds. The van der Waals surface area contributed by atoms with Crippen molar-refractivity contribution in [2.75, 3.05) is 11.1 Å². The Morgan fingerprint density at radius 2 is 2.18 bits per heavy atom. The molecule has 1 aromatic carbocycles. The number of hydrogen-bond acceptors (Lipinski definition) is 5. The molecule has 0 aliphatic heterocycles. The summed E-state index contributed by atoms with van der Waals surface area (Å²) in [5.41, 5.74) is 7.50.